The van der Waals surface area contributed by atoms with Crippen LogP contribution in [-0.4, -0.2) is 43.2 Å². The molecule has 3 rings (SSSR count). The molecule has 2 aromatic carbocycles. The fourth-order valence-electron chi connectivity index (χ4n) is 4.23. The minimum Gasteiger partial charge on any atom is -0.497 e. The SMILES string of the molecule is COCCCCC[C@@H](C)NC(=O)Cc1c(C)n(C(=O)c2ccc(Cl)cc2)c2ccc(OC)cc12. The summed E-state index contributed by atoms with van der Waals surface area (Å²) >= 11 is 6.00. The molecule has 0 saturated heterocycles. The maximum absolute atomic E-state index is 13.4. The number of hydrogen-bond donors (Lipinski definition) is 1. The lowest BCUT2D eigenvalue weighted by Gasteiger charge is -2.14. The van der Waals surface area contributed by atoms with E-state index in [0.29, 0.717) is 16.3 Å². The lowest BCUT2D eigenvalue weighted by atomic mass is 10.1. The van der Waals surface area contributed by atoms with E-state index in [9.17, 15) is 9.59 Å². The van der Waals surface area contributed by atoms with E-state index in [1.165, 1.54) is 0 Å². The quantitative estimate of drug-likeness (QED) is 0.362. The highest BCUT2D eigenvalue weighted by Gasteiger charge is 2.22. The van der Waals surface area contributed by atoms with Gasteiger partial charge in [-0.05, 0) is 74.7 Å². The van der Waals surface area contributed by atoms with Gasteiger partial charge in [0, 0.05) is 41.4 Å². The van der Waals surface area contributed by atoms with Crippen LogP contribution in [0.3, 0.4) is 0 Å². The molecule has 7 heteroatoms. The number of methoxy groups -OCH3 is 2. The summed E-state index contributed by atoms with van der Waals surface area (Å²) in [6.45, 7) is 4.67. The third-order valence-corrected chi connectivity index (χ3v) is 6.32. The zero-order valence-electron chi connectivity index (χ0n) is 20.3. The summed E-state index contributed by atoms with van der Waals surface area (Å²) in [6, 6.07) is 12.5. The van der Waals surface area contributed by atoms with Gasteiger partial charge >= 0.3 is 0 Å². The first-order chi connectivity index (χ1) is 16.3. The largest absolute Gasteiger partial charge is 0.497 e. The van der Waals surface area contributed by atoms with Gasteiger partial charge in [0.1, 0.15) is 5.75 Å². The van der Waals surface area contributed by atoms with Gasteiger partial charge in [0.25, 0.3) is 5.91 Å². The normalized spacial score (nSPS) is 12.0. The van der Waals surface area contributed by atoms with Crippen LogP contribution in [0.15, 0.2) is 42.5 Å². The number of aromatic nitrogens is 1. The molecule has 0 aliphatic heterocycles. The molecule has 1 amide bonds. The third-order valence-electron chi connectivity index (χ3n) is 6.07. The number of unbranched alkanes of at least 4 members (excludes halogenated alkanes) is 2. The standard InChI is InChI=1S/C27H33ClN2O4/c1-18(8-6-5-7-15-33-3)29-26(31)17-23-19(2)30(25-14-13-22(34-4)16-24(23)25)27(32)20-9-11-21(28)12-10-20/h9-14,16,18H,5-8,15,17H2,1-4H3,(H,29,31)/t18-/m1/s1. The van der Waals surface area contributed by atoms with Gasteiger partial charge in [-0.3, -0.25) is 14.2 Å². The Morgan fingerprint density at radius 1 is 1.06 bits per heavy atom. The average Bonchev–Trinajstić information content (AvgIpc) is 3.09. The van der Waals surface area contributed by atoms with E-state index >= 15 is 0 Å². The van der Waals surface area contributed by atoms with Crippen LogP contribution in [0.5, 0.6) is 5.75 Å². The Hall–Kier alpha value is -2.83. The van der Waals surface area contributed by atoms with Crippen molar-refractivity contribution >= 4 is 34.3 Å². The third kappa shape index (κ3) is 6.19. The van der Waals surface area contributed by atoms with Crippen LogP contribution in [0.2, 0.25) is 5.02 Å². The summed E-state index contributed by atoms with van der Waals surface area (Å²) < 4.78 is 12.2. The number of carbonyl (C=O) groups excluding carboxylic acids is 2. The maximum atomic E-state index is 13.4. The van der Waals surface area contributed by atoms with Gasteiger partial charge in [-0.1, -0.05) is 24.4 Å². The number of benzene rings is 2. The van der Waals surface area contributed by atoms with E-state index in [-0.39, 0.29) is 24.3 Å². The van der Waals surface area contributed by atoms with Crippen molar-refractivity contribution in [2.45, 2.75) is 52.0 Å². The molecule has 0 spiro atoms. The molecule has 182 valence electrons. The van der Waals surface area contributed by atoms with Crippen LogP contribution in [0.4, 0.5) is 0 Å². The molecular weight excluding hydrogens is 452 g/mol. The zero-order valence-corrected chi connectivity index (χ0v) is 21.1. The van der Waals surface area contributed by atoms with Gasteiger partial charge in [0.15, 0.2) is 0 Å². The predicted octanol–water partition coefficient (Wildman–Crippen LogP) is 5.55. The second-order valence-electron chi connectivity index (χ2n) is 8.58. The molecule has 1 atom stereocenters. The molecule has 1 N–H and O–H groups in total. The number of nitrogens with zero attached hydrogens (tertiary/aromatic N) is 1. The molecule has 0 saturated carbocycles. The number of carbonyl (C=O) groups is 2. The van der Waals surface area contributed by atoms with Crippen molar-refractivity contribution in [2.75, 3.05) is 20.8 Å². The van der Waals surface area contributed by atoms with Crippen LogP contribution in [0.1, 0.15) is 54.2 Å². The topological polar surface area (TPSA) is 69.6 Å². The number of ether oxygens (including phenoxy) is 2. The lowest BCUT2D eigenvalue weighted by Crippen LogP contribution is -2.33. The van der Waals surface area contributed by atoms with Crippen molar-refractivity contribution < 1.29 is 19.1 Å². The van der Waals surface area contributed by atoms with Crippen LogP contribution < -0.4 is 10.1 Å². The summed E-state index contributed by atoms with van der Waals surface area (Å²) in [5.74, 6) is 0.448. The second-order valence-corrected chi connectivity index (χ2v) is 9.02. The molecule has 0 bridgehead atoms. The molecule has 1 heterocycles. The molecule has 34 heavy (non-hydrogen) atoms. The van der Waals surface area contributed by atoms with Crippen LogP contribution in [0, 0.1) is 6.92 Å². The minimum absolute atomic E-state index is 0.0618. The number of halogens is 1. The molecule has 0 aliphatic carbocycles. The first-order valence-electron chi connectivity index (χ1n) is 11.6. The predicted molar refractivity (Wildman–Crippen MR) is 136 cm³/mol. The molecule has 0 unspecified atom stereocenters. The van der Waals surface area contributed by atoms with E-state index in [2.05, 4.69) is 5.32 Å². The Morgan fingerprint density at radius 3 is 2.47 bits per heavy atom. The number of hydrogen-bond acceptors (Lipinski definition) is 4. The van der Waals surface area contributed by atoms with Crippen molar-refractivity contribution in [3.05, 3.63) is 64.3 Å². The average molecular weight is 485 g/mol. The first kappa shape index (κ1) is 25.8. The number of fused-ring (bicyclic) bond motifs is 1. The number of amides is 1. The van der Waals surface area contributed by atoms with Gasteiger partial charge in [0.2, 0.25) is 5.91 Å². The van der Waals surface area contributed by atoms with Crippen molar-refractivity contribution in [3.63, 3.8) is 0 Å². The summed E-state index contributed by atoms with van der Waals surface area (Å²) in [6.07, 6.45) is 4.24. The van der Waals surface area contributed by atoms with Crippen LogP contribution in [0.25, 0.3) is 10.9 Å². The molecular formula is C27H33ClN2O4. The Bertz CT molecular complexity index is 1140. The zero-order chi connectivity index (χ0) is 24.7. The van der Waals surface area contributed by atoms with Crippen molar-refractivity contribution in [1.82, 2.24) is 9.88 Å². The fraction of sp³-hybridized carbons (Fsp3) is 0.407. The van der Waals surface area contributed by atoms with Gasteiger partial charge in [-0.2, -0.15) is 0 Å². The Labute approximate surface area is 206 Å². The highest BCUT2D eigenvalue weighted by Crippen LogP contribution is 2.31. The Balaban J connectivity index is 1.84. The summed E-state index contributed by atoms with van der Waals surface area (Å²) in [4.78, 5) is 26.3. The molecule has 1 aromatic heterocycles. The molecule has 0 aliphatic rings. The van der Waals surface area contributed by atoms with Gasteiger partial charge < -0.3 is 14.8 Å². The highest BCUT2D eigenvalue weighted by atomic mass is 35.5. The van der Waals surface area contributed by atoms with E-state index in [1.54, 1.807) is 43.1 Å². The van der Waals surface area contributed by atoms with E-state index in [4.69, 9.17) is 21.1 Å². The number of nitrogens with one attached hydrogen (secondary N) is 1. The van der Waals surface area contributed by atoms with Gasteiger partial charge in [-0.25, -0.2) is 0 Å². The van der Waals surface area contributed by atoms with Gasteiger partial charge in [-0.15, -0.1) is 0 Å². The second kappa shape index (κ2) is 12.0. The molecule has 0 radical (unpaired) electrons. The van der Waals surface area contributed by atoms with Crippen molar-refractivity contribution in [3.8, 4) is 5.75 Å². The molecule has 0 fully saturated rings. The van der Waals surface area contributed by atoms with E-state index in [1.807, 2.05) is 32.0 Å². The fourth-order valence-corrected chi connectivity index (χ4v) is 4.35. The Morgan fingerprint density at radius 2 is 1.79 bits per heavy atom. The molecule has 6 nitrogen and oxygen atoms in total. The van der Waals surface area contributed by atoms with Gasteiger partial charge in [0.05, 0.1) is 19.0 Å². The van der Waals surface area contributed by atoms with Crippen LogP contribution in [-0.2, 0) is 16.0 Å². The number of rotatable bonds is 11. The summed E-state index contributed by atoms with van der Waals surface area (Å²) in [5, 5.41) is 4.51. The first-order valence-corrected chi connectivity index (χ1v) is 12.0. The maximum Gasteiger partial charge on any atom is 0.262 e. The Kier molecular flexibility index (Phi) is 9.13. The van der Waals surface area contributed by atoms with Crippen molar-refractivity contribution in [1.29, 1.82) is 0 Å². The van der Waals surface area contributed by atoms with E-state index in [0.717, 1.165) is 54.5 Å². The van der Waals surface area contributed by atoms with E-state index < -0.39 is 0 Å². The monoisotopic (exact) mass is 484 g/mol. The summed E-state index contributed by atoms with van der Waals surface area (Å²) in [5.41, 5.74) is 2.83. The highest BCUT2D eigenvalue weighted by molar-refractivity contribution is 6.30. The van der Waals surface area contributed by atoms with Crippen molar-refractivity contribution in [2.24, 2.45) is 0 Å². The molecule has 3 aromatic rings. The minimum atomic E-state index is -0.166. The van der Waals surface area contributed by atoms with Crippen LogP contribution >= 0.6 is 11.6 Å². The smallest absolute Gasteiger partial charge is 0.262 e. The lowest BCUT2D eigenvalue weighted by molar-refractivity contribution is -0.121. The summed E-state index contributed by atoms with van der Waals surface area (Å²) in [7, 11) is 3.31.